The van der Waals surface area contributed by atoms with E-state index in [1.165, 1.54) is 126 Å². The minimum absolute atomic E-state index is 0.238. The summed E-state index contributed by atoms with van der Waals surface area (Å²) in [6.07, 6.45) is 8.24. The smallest absolute Gasteiger partial charge is 0.0823 e. The summed E-state index contributed by atoms with van der Waals surface area (Å²) in [6.45, 7) is 2.21. The molecule has 2 atom stereocenters. The molecular weight excluding hydrogens is 743 g/mol. The summed E-state index contributed by atoms with van der Waals surface area (Å²) in [7, 11) is 7.27. The highest BCUT2D eigenvalue weighted by Crippen LogP contribution is 2.68. The fraction of sp³-hybridized carbons (Fsp3) is 0.0820. The summed E-state index contributed by atoms with van der Waals surface area (Å²) in [5, 5.41) is 13.1. The summed E-state index contributed by atoms with van der Waals surface area (Å²) >= 11 is 0. The minimum atomic E-state index is -0.404. The van der Waals surface area contributed by atoms with Crippen LogP contribution in [0.1, 0.15) is 69.3 Å². The van der Waals surface area contributed by atoms with E-state index >= 15 is 0 Å². The molecule has 5 aliphatic rings. The van der Waals surface area contributed by atoms with Gasteiger partial charge in [0.1, 0.15) is 7.85 Å². The Morgan fingerprint density at radius 3 is 1.69 bits per heavy atom. The van der Waals surface area contributed by atoms with Crippen LogP contribution in [0.15, 0.2) is 194 Å². The van der Waals surface area contributed by atoms with Gasteiger partial charge in [-0.2, -0.15) is 0 Å². The number of hydrogen-bond donors (Lipinski definition) is 0. The van der Waals surface area contributed by atoms with E-state index in [1.807, 2.05) is 0 Å². The van der Waals surface area contributed by atoms with Gasteiger partial charge in [0.15, 0.2) is 0 Å². The maximum Gasteiger partial charge on any atom is 0.115 e. The van der Waals surface area contributed by atoms with Crippen LogP contribution >= 0.6 is 0 Å². The van der Waals surface area contributed by atoms with Crippen molar-refractivity contribution in [1.82, 2.24) is 0 Å². The Morgan fingerprint density at radius 2 is 1.00 bits per heavy atom. The van der Waals surface area contributed by atoms with Crippen molar-refractivity contribution >= 4 is 78.3 Å². The van der Waals surface area contributed by atoms with Crippen LogP contribution in [0.3, 0.4) is 0 Å². The highest BCUT2D eigenvalue weighted by atomic mass is 14.6. The van der Waals surface area contributed by atoms with Gasteiger partial charge in [-0.3, -0.25) is 0 Å². The number of rotatable bonds is 1. The van der Waals surface area contributed by atoms with E-state index in [-0.39, 0.29) is 11.3 Å². The molecular formula is C61H37B. The van der Waals surface area contributed by atoms with E-state index in [0.29, 0.717) is 0 Å². The average molecular weight is 781 g/mol. The van der Waals surface area contributed by atoms with Crippen molar-refractivity contribution in [2.45, 2.75) is 30.1 Å². The van der Waals surface area contributed by atoms with Crippen molar-refractivity contribution < 1.29 is 0 Å². The number of allylic oxidation sites excluding steroid dienone is 6. The second-order valence-electron chi connectivity index (χ2n) is 18.2. The molecule has 284 valence electrons. The largest absolute Gasteiger partial charge is 0.115 e. The molecule has 2 radical (unpaired) electrons. The SMILES string of the molecule is [B]c1c2c3c(cccc3c3ccccc13)C1(C2=CC)C2=CC=C(c3ccc4c(c3)-c3ccccc3C43c4cccc5c6ccccc6c6cccc3c6c45)CC2c2ccccc21. The van der Waals surface area contributed by atoms with E-state index in [9.17, 15) is 0 Å². The molecule has 62 heavy (non-hydrogen) atoms. The molecule has 0 aliphatic heterocycles. The topological polar surface area (TPSA) is 0 Å². The summed E-state index contributed by atoms with van der Waals surface area (Å²) in [5.41, 5.74) is 19.3. The molecule has 5 aliphatic carbocycles. The monoisotopic (exact) mass is 780 g/mol. The molecule has 0 saturated carbocycles. The number of hydrogen-bond acceptors (Lipinski definition) is 0. The Balaban J connectivity index is 0.945. The zero-order valence-corrected chi connectivity index (χ0v) is 34.3. The van der Waals surface area contributed by atoms with Crippen LogP contribution in [0.25, 0.3) is 76.1 Å². The highest BCUT2D eigenvalue weighted by molar-refractivity contribution is 6.45. The molecule has 10 aromatic rings. The molecule has 0 amide bonds. The van der Waals surface area contributed by atoms with Crippen molar-refractivity contribution in [1.29, 1.82) is 0 Å². The quantitative estimate of drug-likeness (QED) is 0.115. The van der Waals surface area contributed by atoms with Gasteiger partial charge in [-0.1, -0.05) is 187 Å². The van der Waals surface area contributed by atoms with Crippen LogP contribution in [0.5, 0.6) is 0 Å². The molecule has 0 heterocycles. The molecule has 15 rings (SSSR count). The third-order valence-corrected chi connectivity index (χ3v) is 16.0. The van der Waals surface area contributed by atoms with Crippen molar-refractivity contribution in [3.05, 3.63) is 244 Å². The highest BCUT2D eigenvalue weighted by Gasteiger charge is 2.56. The standard InChI is InChI=1S/C61H37B/c1-2-47-58-57-43(38-16-5-6-19-44(38)59(58)62)22-13-27-54(57)60(47)48-23-9-7-17-39(48)45-32-34(28-30-50(45)60)35-29-31-51-46(33-35)40-18-8-10-24-49(40)61(51)52-25-11-20-41-36-14-3-4-15-37(36)42-21-12-26-53(61)56(42)55(41)52/h2-31,33,45H,32H2,1H3. The number of benzene rings is 10. The molecule has 0 fully saturated rings. The average Bonchev–Trinajstić information content (AvgIpc) is 4.02. The summed E-state index contributed by atoms with van der Waals surface area (Å²) in [5.74, 6) is 0.238. The van der Waals surface area contributed by atoms with Gasteiger partial charge in [-0.25, -0.2) is 0 Å². The Bertz CT molecular complexity index is 3790. The minimum Gasteiger partial charge on any atom is -0.0823 e. The van der Waals surface area contributed by atoms with Gasteiger partial charge in [0, 0.05) is 5.92 Å². The van der Waals surface area contributed by atoms with Gasteiger partial charge in [-0.05, 0) is 151 Å². The van der Waals surface area contributed by atoms with E-state index in [2.05, 4.69) is 195 Å². The molecule has 1 heteroatoms. The molecule has 0 N–H and O–H groups in total. The molecule has 0 aromatic heterocycles. The fourth-order valence-corrected chi connectivity index (χ4v) is 13.9. The third kappa shape index (κ3) is 3.58. The first-order valence-corrected chi connectivity index (χ1v) is 22.2. The van der Waals surface area contributed by atoms with Crippen LogP contribution in [0.4, 0.5) is 0 Å². The third-order valence-electron chi connectivity index (χ3n) is 16.0. The molecule has 10 aromatic carbocycles. The van der Waals surface area contributed by atoms with Crippen LogP contribution in [-0.2, 0) is 10.8 Å². The lowest BCUT2D eigenvalue weighted by atomic mass is 9.66. The van der Waals surface area contributed by atoms with Crippen LogP contribution < -0.4 is 5.46 Å². The van der Waals surface area contributed by atoms with Crippen LogP contribution in [0.2, 0.25) is 0 Å². The lowest BCUT2D eigenvalue weighted by Crippen LogP contribution is -2.28. The van der Waals surface area contributed by atoms with Gasteiger partial charge < -0.3 is 0 Å². The predicted octanol–water partition coefficient (Wildman–Crippen LogP) is 14.1. The normalized spacial score (nSPS) is 20.0. The first-order chi connectivity index (χ1) is 30.7. The molecule has 0 nitrogen and oxygen atoms in total. The zero-order chi connectivity index (χ0) is 40.6. The van der Waals surface area contributed by atoms with Crippen molar-refractivity contribution in [3.8, 4) is 11.1 Å². The van der Waals surface area contributed by atoms with E-state index in [4.69, 9.17) is 7.85 Å². The Labute approximate surface area is 361 Å². The molecule has 2 unspecified atom stereocenters. The Kier molecular flexibility index (Phi) is 6.14. The Morgan fingerprint density at radius 1 is 0.468 bits per heavy atom. The maximum atomic E-state index is 7.27. The maximum absolute atomic E-state index is 7.27. The van der Waals surface area contributed by atoms with Gasteiger partial charge in [0.2, 0.25) is 0 Å². The van der Waals surface area contributed by atoms with Gasteiger partial charge >= 0.3 is 0 Å². The van der Waals surface area contributed by atoms with E-state index in [0.717, 1.165) is 17.3 Å². The first-order valence-electron chi connectivity index (χ1n) is 22.2. The fourth-order valence-electron chi connectivity index (χ4n) is 13.9. The lowest BCUT2D eigenvalue weighted by molar-refractivity contribution is 0.746. The van der Waals surface area contributed by atoms with Crippen molar-refractivity contribution in [2.75, 3.05) is 0 Å². The van der Waals surface area contributed by atoms with Crippen molar-refractivity contribution in [2.24, 2.45) is 0 Å². The molecule has 2 spiro atoms. The second-order valence-corrected chi connectivity index (χ2v) is 18.2. The van der Waals surface area contributed by atoms with E-state index < -0.39 is 5.41 Å². The predicted molar refractivity (Wildman–Crippen MR) is 261 cm³/mol. The van der Waals surface area contributed by atoms with Gasteiger partial charge in [-0.15, -0.1) is 0 Å². The Hall–Kier alpha value is -7.22. The lowest BCUT2D eigenvalue weighted by Gasteiger charge is -2.34. The second kappa shape index (κ2) is 11.4. The summed E-state index contributed by atoms with van der Waals surface area (Å²) < 4.78 is 0. The van der Waals surface area contributed by atoms with Crippen molar-refractivity contribution in [3.63, 3.8) is 0 Å². The van der Waals surface area contributed by atoms with E-state index in [1.54, 1.807) is 0 Å². The zero-order valence-electron chi connectivity index (χ0n) is 34.3. The van der Waals surface area contributed by atoms with Gasteiger partial charge in [0.25, 0.3) is 0 Å². The van der Waals surface area contributed by atoms with Crippen LogP contribution in [-0.4, -0.2) is 7.85 Å². The summed E-state index contributed by atoms with van der Waals surface area (Å²) in [4.78, 5) is 0. The van der Waals surface area contributed by atoms with Crippen LogP contribution in [0, 0.1) is 0 Å². The first kappa shape index (κ1) is 33.5. The molecule has 0 bridgehead atoms. The summed E-state index contributed by atoms with van der Waals surface area (Å²) in [6, 6.07) is 64.7. The number of fused-ring (bicyclic) bond motifs is 18. The van der Waals surface area contributed by atoms with Gasteiger partial charge in [0.05, 0.1) is 10.8 Å². The molecule has 0 saturated heterocycles.